The normalized spacial score (nSPS) is 16.5. The van der Waals surface area contributed by atoms with Crippen LogP contribution in [-0.4, -0.2) is 34.1 Å². The Balaban J connectivity index is 2.04. The zero-order valence-electron chi connectivity index (χ0n) is 9.22. The zero-order valence-corrected chi connectivity index (χ0v) is 9.22. The van der Waals surface area contributed by atoms with Crippen molar-refractivity contribution in [2.24, 2.45) is 5.92 Å². The molecule has 1 aliphatic rings. The lowest BCUT2D eigenvalue weighted by Gasteiger charge is -2.28. The smallest absolute Gasteiger partial charge is 0.274 e. The first kappa shape index (κ1) is 11.3. The molecular weight excluding hydrogens is 220 g/mol. The van der Waals surface area contributed by atoms with E-state index in [4.69, 9.17) is 5.26 Å². The van der Waals surface area contributed by atoms with Crippen LogP contribution in [0.4, 0.5) is 0 Å². The summed E-state index contributed by atoms with van der Waals surface area (Å²) in [5.41, 5.74) is -0.0928. The van der Waals surface area contributed by atoms with Crippen molar-refractivity contribution in [3.8, 4) is 6.07 Å². The van der Waals surface area contributed by atoms with Gasteiger partial charge in [0.05, 0.1) is 6.07 Å². The number of nitrogens with zero attached hydrogens (tertiary/aromatic N) is 3. The lowest BCUT2D eigenvalue weighted by molar-refractivity contribution is 0.0700. The van der Waals surface area contributed by atoms with Crippen LogP contribution < -0.4 is 5.56 Å². The predicted molar refractivity (Wildman–Crippen MR) is 59.1 cm³/mol. The number of carbonyl (C=O) groups excluding carboxylic acids is 1. The number of rotatable bonds is 1. The molecule has 0 radical (unpaired) electrons. The highest BCUT2D eigenvalue weighted by Crippen LogP contribution is 2.17. The van der Waals surface area contributed by atoms with Crippen molar-refractivity contribution in [1.29, 1.82) is 5.26 Å². The topological polar surface area (TPSA) is 89.9 Å². The van der Waals surface area contributed by atoms with E-state index in [9.17, 15) is 9.59 Å². The second kappa shape index (κ2) is 4.78. The highest BCUT2D eigenvalue weighted by atomic mass is 16.2. The first-order chi connectivity index (χ1) is 8.20. The number of aromatic amines is 1. The van der Waals surface area contributed by atoms with Crippen molar-refractivity contribution in [2.45, 2.75) is 12.8 Å². The van der Waals surface area contributed by atoms with Crippen molar-refractivity contribution in [1.82, 2.24) is 15.1 Å². The summed E-state index contributed by atoms with van der Waals surface area (Å²) in [6.07, 6.45) is 1.40. The molecule has 17 heavy (non-hydrogen) atoms. The molecular formula is C11H12N4O2. The highest BCUT2D eigenvalue weighted by Gasteiger charge is 2.24. The van der Waals surface area contributed by atoms with Crippen LogP contribution >= 0.6 is 0 Å². The molecule has 6 nitrogen and oxygen atoms in total. The number of nitrogens with one attached hydrogen (secondary N) is 1. The number of hydrogen-bond acceptors (Lipinski definition) is 4. The number of aromatic nitrogens is 2. The van der Waals surface area contributed by atoms with Gasteiger partial charge in [0.25, 0.3) is 11.5 Å². The Kier molecular flexibility index (Phi) is 3.19. The van der Waals surface area contributed by atoms with E-state index < -0.39 is 0 Å². The SMILES string of the molecule is N#CC1CCN(C(=O)c2ccc(=O)[nH]n2)CC1. The minimum atomic E-state index is -0.329. The maximum absolute atomic E-state index is 12.0. The molecule has 88 valence electrons. The van der Waals surface area contributed by atoms with E-state index in [1.54, 1.807) is 4.90 Å². The second-order valence-corrected chi connectivity index (χ2v) is 4.00. The maximum Gasteiger partial charge on any atom is 0.274 e. The number of hydrogen-bond donors (Lipinski definition) is 1. The van der Waals surface area contributed by atoms with Gasteiger partial charge in [-0.15, -0.1) is 0 Å². The minimum Gasteiger partial charge on any atom is -0.337 e. The molecule has 1 aromatic rings. The van der Waals surface area contributed by atoms with E-state index in [1.165, 1.54) is 12.1 Å². The monoisotopic (exact) mass is 232 g/mol. The highest BCUT2D eigenvalue weighted by molar-refractivity contribution is 5.92. The number of nitriles is 1. The standard InChI is InChI=1S/C11H12N4O2/c12-7-8-3-5-15(6-4-8)11(17)9-1-2-10(16)14-13-9/h1-2,8H,3-6H2,(H,14,16). The summed E-state index contributed by atoms with van der Waals surface area (Å²) in [5, 5.41) is 14.7. The van der Waals surface area contributed by atoms with Crippen molar-refractivity contribution < 1.29 is 4.79 Å². The molecule has 2 heterocycles. The number of piperidine rings is 1. The van der Waals surface area contributed by atoms with Crippen LogP contribution in [0.2, 0.25) is 0 Å². The fourth-order valence-electron chi connectivity index (χ4n) is 1.84. The van der Waals surface area contributed by atoms with Crippen molar-refractivity contribution in [2.75, 3.05) is 13.1 Å². The van der Waals surface area contributed by atoms with E-state index in [-0.39, 0.29) is 23.1 Å². The minimum absolute atomic E-state index is 0.0441. The fraction of sp³-hybridized carbons (Fsp3) is 0.455. The van der Waals surface area contributed by atoms with Crippen LogP contribution in [0.25, 0.3) is 0 Å². The Morgan fingerprint density at radius 3 is 2.71 bits per heavy atom. The summed E-state index contributed by atoms with van der Waals surface area (Å²) in [6.45, 7) is 1.13. The first-order valence-electron chi connectivity index (χ1n) is 5.45. The first-order valence-corrected chi connectivity index (χ1v) is 5.45. The molecule has 0 aromatic carbocycles. The van der Waals surface area contributed by atoms with Gasteiger partial charge < -0.3 is 4.90 Å². The van der Waals surface area contributed by atoms with Crippen molar-refractivity contribution in [3.63, 3.8) is 0 Å². The third-order valence-electron chi connectivity index (χ3n) is 2.86. The molecule has 1 saturated heterocycles. The van der Waals surface area contributed by atoms with Gasteiger partial charge in [0.15, 0.2) is 0 Å². The van der Waals surface area contributed by atoms with Gasteiger partial charge in [-0.2, -0.15) is 10.4 Å². The quantitative estimate of drug-likeness (QED) is 0.746. The Morgan fingerprint density at radius 2 is 2.18 bits per heavy atom. The largest absolute Gasteiger partial charge is 0.337 e. The van der Waals surface area contributed by atoms with E-state index in [2.05, 4.69) is 16.3 Å². The molecule has 0 saturated carbocycles. The number of carbonyl (C=O) groups is 1. The van der Waals surface area contributed by atoms with E-state index in [1.807, 2.05) is 0 Å². The van der Waals surface area contributed by atoms with Gasteiger partial charge in [0, 0.05) is 25.1 Å². The molecule has 0 unspecified atom stereocenters. The van der Waals surface area contributed by atoms with E-state index in [0.29, 0.717) is 25.9 Å². The summed E-state index contributed by atoms with van der Waals surface area (Å²) in [7, 11) is 0. The van der Waals surface area contributed by atoms with Crippen molar-refractivity contribution >= 4 is 5.91 Å². The van der Waals surface area contributed by atoms with Crippen LogP contribution in [0.1, 0.15) is 23.3 Å². The van der Waals surface area contributed by atoms with Crippen LogP contribution in [0, 0.1) is 17.2 Å². The lowest BCUT2D eigenvalue weighted by atomic mass is 9.98. The van der Waals surface area contributed by atoms with Crippen LogP contribution in [0.15, 0.2) is 16.9 Å². The fourth-order valence-corrected chi connectivity index (χ4v) is 1.84. The zero-order chi connectivity index (χ0) is 12.3. The van der Waals surface area contributed by atoms with Gasteiger partial charge in [0.1, 0.15) is 5.69 Å². The predicted octanol–water partition coefficient (Wildman–Crippen LogP) is 0.146. The molecule has 2 rings (SSSR count). The Bertz CT molecular complexity index is 488. The van der Waals surface area contributed by atoms with Gasteiger partial charge in [-0.3, -0.25) is 9.59 Å². The molecule has 0 spiro atoms. The van der Waals surface area contributed by atoms with Crippen LogP contribution in [-0.2, 0) is 0 Å². The summed E-state index contributed by atoms with van der Waals surface area (Å²) in [6, 6.07) is 4.90. The summed E-state index contributed by atoms with van der Waals surface area (Å²) in [5.74, 6) is -0.153. The molecule has 0 bridgehead atoms. The number of H-pyrrole nitrogens is 1. The molecule has 0 atom stereocenters. The molecule has 1 fully saturated rings. The molecule has 1 aromatic heterocycles. The Labute approximate surface area is 97.9 Å². The van der Waals surface area contributed by atoms with Crippen molar-refractivity contribution in [3.05, 3.63) is 28.2 Å². The van der Waals surface area contributed by atoms with E-state index >= 15 is 0 Å². The molecule has 6 heteroatoms. The molecule has 0 aliphatic carbocycles. The number of amides is 1. The summed E-state index contributed by atoms with van der Waals surface area (Å²) in [4.78, 5) is 24.4. The van der Waals surface area contributed by atoms with Crippen LogP contribution in [0.5, 0.6) is 0 Å². The third-order valence-corrected chi connectivity index (χ3v) is 2.86. The molecule has 1 N–H and O–H groups in total. The average Bonchev–Trinajstić information content (AvgIpc) is 2.39. The van der Waals surface area contributed by atoms with Gasteiger partial charge >= 0.3 is 0 Å². The third kappa shape index (κ3) is 2.50. The number of likely N-dealkylation sites (tertiary alicyclic amines) is 1. The Morgan fingerprint density at radius 1 is 1.47 bits per heavy atom. The molecule has 1 aliphatic heterocycles. The van der Waals surface area contributed by atoms with Gasteiger partial charge in [0.2, 0.25) is 0 Å². The van der Waals surface area contributed by atoms with E-state index in [0.717, 1.165) is 0 Å². The summed E-state index contributed by atoms with van der Waals surface area (Å²) < 4.78 is 0. The van der Waals surface area contributed by atoms with Gasteiger partial charge in [-0.05, 0) is 18.9 Å². The second-order valence-electron chi connectivity index (χ2n) is 4.00. The Hall–Kier alpha value is -2.16. The molecule has 1 amide bonds. The van der Waals surface area contributed by atoms with Gasteiger partial charge in [-0.1, -0.05) is 0 Å². The van der Waals surface area contributed by atoms with Crippen LogP contribution in [0.3, 0.4) is 0 Å². The lowest BCUT2D eigenvalue weighted by Crippen LogP contribution is -2.38. The summed E-state index contributed by atoms with van der Waals surface area (Å²) >= 11 is 0. The maximum atomic E-state index is 12.0. The average molecular weight is 232 g/mol. The van der Waals surface area contributed by atoms with Gasteiger partial charge in [-0.25, -0.2) is 5.10 Å².